The van der Waals surface area contributed by atoms with E-state index in [0.29, 0.717) is 4.47 Å². The minimum absolute atomic E-state index is 0.608. The number of halogens is 1. The van der Waals surface area contributed by atoms with Crippen molar-refractivity contribution in [3.8, 4) is 0 Å². The fourth-order valence-corrected chi connectivity index (χ4v) is 2.78. The predicted octanol–water partition coefficient (Wildman–Crippen LogP) is 4.10. The van der Waals surface area contributed by atoms with Gasteiger partial charge in [-0.3, -0.25) is 0 Å². The Labute approximate surface area is 90.0 Å². The lowest BCUT2D eigenvalue weighted by molar-refractivity contribution is 1.50. The Morgan fingerprint density at radius 1 is 1.07 bits per heavy atom. The highest BCUT2D eigenvalue weighted by Gasteiger charge is 2.04. The van der Waals surface area contributed by atoms with E-state index in [1.54, 1.807) is 0 Å². The first kappa shape index (κ1) is 8.21. The van der Waals surface area contributed by atoms with Crippen LogP contribution in [0.3, 0.4) is 0 Å². The van der Waals surface area contributed by atoms with Gasteiger partial charge in [-0.2, -0.15) is 0 Å². The van der Waals surface area contributed by atoms with E-state index >= 15 is 0 Å². The second kappa shape index (κ2) is 2.94. The van der Waals surface area contributed by atoms with Crippen LogP contribution < -0.4 is 0 Å². The maximum Gasteiger partial charge on any atom is 0.184 e. The fraction of sp³-hybridized carbons (Fsp3) is 0. The van der Waals surface area contributed by atoms with Gasteiger partial charge in [0.1, 0.15) is 0 Å². The molecular formula is C11H6ClNS. The van der Waals surface area contributed by atoms with Gasteiger partial charge in [-0.15, -0.1) is 11.3 Å². The number of hydrogen-bond acceptors (Lipinski definition) is 2. The third-order valence-electron chi connectivity index (χ3n) is 2.25. The van der Waals surface area contributed by atoms with E-state index in [1.807, 2.05) is 18.2 Å². The van der Waals surface area contributed by atoms with Gasteiger partial charge in [0.05, 0.1) is 10.2 Å². The molecule has 0 fully saturated rings. The summed E-state index contributed by atoms with van der Waals surface area (Å²) >= 11 is 7.43. The van der Waals surface area contributed by atoms with E-state index in [0.717, 1.165) is 5.52 Å². The number of rotatable bonds is 0. The molecule has 0 aliphatic heterocycles. The molecule has 0 aliphatic carbocycles. The zero-order valence-corrected chi connectivity index (χ0v) is 8.77. The molecule has 3 aromatic rings. The molecule has 0 spiro atoms. The average Bonchev–Trinajstić information content (AvgIpc) is 2.59. The van der Waals surface area contributed by atoms with Crippen LogP contribution in [0.15, 0.2) is 36.4 Å². The van der Waals surface area contributed by atoms with Crippen molar-refractivity contribution in [3.63, 3.8) is 0 Å². The van der Waals surface area contributed by atoms with Gasteiger partial charge in [-0.05, 0) is 11.5 Å². The summed E-state index contributed by atoms with van der Waals surface area (Å²) in [6, 6.07) is 12.4. The Bertz CT molecular complexity index is 615. The number of aromatic nitrogens is 1. The van der Waals surface area contributed by atoms with Crippen molar-refractivity contribution in [2.24, 2.45) is 0 Å². The fourth-order valence-electron chi connectivity index (χ4n) is 1.63. The lowest BCUT2D eigenvalue weighted by Gasteiger charge is -1.96. The number of benzene rings is 2. The van der Waals surface area contributed by atoms with Crippen molar-refractivity contribution >= 4 is 43.9 Å². The van der Waals surface area contributed by atoms with Crippen LogP contribution >= 0.6 is 22.9 Å². The molecule has 0 radical (unpaired) electrons. The van der Waals surface area contributed by atoms with Crippen LogP contribution in [0, 0.1) is 0 Å². The van der Waals surface area contributed by atoms with Crippen LogP contribution in [0.4, 0.5) is 0 Å². The summed E-state index contributed by atoms with van der Waals surface area (Å²) in [6.45, 7) is 0. The molecule has 3 heteroatoms. The first-order valence-electron chi connectivity index (χ1n) is 4.28. The Kier molecular flexibility index (Phi) is 1.72. The molecule has 68 valence electrons. The molecule has 1 heterocycles. The van der Waals surface area contributed by atoms with Gasteiger partial charge >= 0.3 is 0 Å². The molecule has 1 aromatic heterocycles. The van der Waals surface area contributed by atoms with Gasteiger partial charge < -0.3 is 0 Å². The molecule has 3 rings (SSSR count). The molecule has 1 nitrogen and oxygen atoms in total. The summed E-state index contributed by atoms with van der Waals surface area (Å²) in [6.07, 6.45) is 0. The maximum atomic E-state index is 5.89. The van der Waals surface area contributed by atoms with Crippen LogP contribution in [0.2, 0.25) is 4.47 Å². The highest BCUT2D eigenvalue weighted by molar-refractivity contribution is 7.23. The molecule has 0 unspecified atom stereocenters. The Morgan fingerprint density at radius 3 is 2.86 bits per heavy atom. The van der Waals surface area contributed by atoms with Gasteiger partial charge in [-0.25, -0.2) is 4.98 Å². The Hall–Kier alpha value is -1.12. The summed E-state index contributed by atoms with van der Waals surface area (Å²) < 4.78 is 1.78. The summed E-state index contributed by atoms with van der Waals surface area (Å²) in [5.74, 6) is 0. The number of thiazole rings is 1. The minimum Gasteiger partial charge on any atom is -0.225 e. The van der Waals surface area contributed by atoms with Crippen LogP contribution in [0.1, 0.15) is 0 Å². The standard InChI is InChI=1S/C11H6ClNS/c12-11-13-9-6-5-7-3-1-2-4-8(7)10(9)14-11/h1-6H. The molecule has 0 atom stereocenters. The highest BCUT2D eigenvalue weighted by Crippen LogP contribution is 2.31. The van der Waals surface area contributed by atoms with E-state index < -0.39 is 0 Å². The van der Waals surface area contributed by atoms with Crippen LogP contribution in [0.5, 0.6) is 0 Å². The molecule has 2 aromatic carbocycles. The maximum absolute atomic E-state index is 5.89. The van der Waals surface area contributed by atoms with E-state index in [9.17, 15) is 0 Å². The van der Waals surface area contributed by atoms with Crippen molar-refractivity contribution in [2.75, 3.05) is 0 Å². The predicted molar refractivity (Wildman–Crippen MR) is 62.1 cm³/mol. The van der Waals surface area contributed by atoms with E-state index in [2.05, 4.69) is 23.2 Å². The topological polar surface area (TPSA) is 12.9 Å². The lowest BCUT2D eigenvalue weighted by Crippen LogP contribution is -1.72. The molecule has 0 saturated carbocycles. The summed E-state index contributed by atoms with van der Waals surface area (Å²) in [5.41, 5.74) is 0.985. The van der Waals surface area contributed by atoms with Crippen molar-refractivity contribution in [2.45, 2.75) is 0 Å². The quantitative estimate of drug-likeness (QED) is 0.555. The van der Waals surface area contributed by atoms with Crippen LogP contribution in [0.25, 0.3) is 21.0 Å². The number of nitrogens with zero attached hydrogens (tertiary/aromatic N) is 1. The smallest absolute Gasteiger partial charge is 0.184 e. The van der Waals surface area contributed by atoms with Crippen molar-refractivity contribution in [1.29, 1.82) is 0 Å². The second-order valence-corrected chi connectivity index (χ2v) is 4.68. The zero-order chi connectivity index (χ0) is 9.54. The van der Waals surface area contributed by atoms with Gasteiger partial charge in [0, 0.05) is 5.39 Å². The summed E-state index contributed by atoms with van der Waals surface area (Å²) in [7, 11) is 0. The van der Waals surface area contributed by atoms with Crippen molar-refractivity contribution in [3.05, 3.63) is 40.9 Å². The largest absolute Gasteiger partial charge is 0.225 e. The molecule has 0 bridgehead atoms. The third-order valence-corrected chi connectivity index (χ3v) is 3.46. The van der Waals surface area contributed by atoms with Crippen molar-refractivity contribution < 1.29 is 0 Å². The third kappa shape index (κ3) is 1.11. The lowest BCUT2D eigenvalue weighted by atomic mass is 10.1. The van der Waals surface area contributed by atoms with Crippen LogP contribution in [-0.4, -0.2) is 4.98 Å². The Morgan fingerprint density at radius 2 is 1.93 bits per heavy atom. The number of hydrogen-bond donors (Lipinski definition) is 0. The van der Waals surface area contributed by atoms with Crippen LogP contribution in [-0.2, 0) is 0 Å². The molecule has 0 N–H and O–H groups in total. The zero-order valence-electron chi connectivity index (χ0n) is 7.20. The first-order valence-corrected chi connectivity index (χ1v) is 5.48. The average molecular weight is 220 g/mol. The second-order valence-electron chi connectivity index (χ2n) is 3.10. The summed E-state index contributed by atoms with van der Waals surface area (Å²) in [5, 5.41) is 2.47. The summed E-state index contributed by atoms with van der Waals surface area (Å²) in [4.78, 5) is 4.25. The molecule has 14 heavy (non-hydrogen) atoms. The Balaban J connectivity index is 2.60. The molecule has 0 amide bonds. The number of fused-ring (bicyclic) bond motifs is 3. The van der Waals surface area contributed by atoms with E-state index in [4.69, 9.17) is 11.6 Å². The monoisotopic (exact) mass is 219 g/mol. The van der Waals surface area contributed by atoms with E-state index in [-0.39, 0.29) is 0 Å². The van der Waals surface area contributed by atoms with E-state index in [1.165, 1.54) is 26.8 Å². The molecule has 0 aliphatic rings. The molecule has 0 saturated heterocycles. The van der Waals surface area contributed by atoms with Crippen molar-refractivity contribution in [1.82, 2.24) is 4.98 Å². The van der Waals surface area contributed by atoms with Gasteiger partial charge in [0.2, 0.25) is 0 Å². The minimum atomic E-state index is 0.608. The van der Waals surface area contributed by atoms with Gasteiger partial charge in [0.25, 0.3) is 0 Å². The molecular weight excluding hydrogens is 214 g/mol. The van der Waals surface area contributed by atoms with Gasteiger partial charge in [0.15, 0.2) is 4.47 Å². The SMILES string of the molecule is Clc1nc2ccc3ccccc3c2s1. The van der Waals surface area contributed by atoms with Gasteiger partial charge in [-0.1, -0.05) is 41.9 Å². The highest BCUT2D eigenvalue weighted by atomic mass is 35.5. The first-order chi connectivity index (χ1) is 6.84. The normalized spacial score (nSPS) is 11.2.